The molecule has 1 aliphatic carbocycles. The number of rotatable bonds is 3. The van der Waals surface area contributed by atoms with Crippen LogP contribution in [0, 0.1) is 11.8 Å². The summed E-state index contributed by atoms with van der Waals surface area (Å²) in [6.07, 6.45) is 0.490. The second-order valence-electron chi connectivity index (χ2n) is 4.26. The van der Waals surface area contributed by atoms with Crippen molar-refractivity contribution in [2.75, 3.05) is 0 Å². The zero-order valence-corrected chi connectivity index (χ0v) is 9.99. The van der Waals surface area contributed by atoms with Gasteiger partial charge in [-0.3, -0.25) is 4.79 Å². The Morgan fingerprint density at radius 2 is 2.06 bits per heavy atom. The molecule has 0 bridgehead atoms. The average molecular weight is 261 g/mol. The van der Waals surface area contributed by atoms with Crippen molar-refractivity contribution in [1.29, 1.82) is 0 Å². The van der Waals surface area contributed by atoms with Gasteiger partial charge in [-0.2, -0.15) is 0 Å². The maximum Gasteiger partial charge on any atom is 0.573 e. The first-order valence-corrected chi connectivity index (χ1v) is 5.36. The van der Waals surface area contributed by atoms with Gasteiger partial charge in [-0.15, -0.1) is 13.2 Å². The second-order valence-corrected chi connectivity index (χ2v) is 4.26. The lowest BCUT2D eigenvalue weighted by Crippen LogP contribution is -2.16. The van der Waals surface area contributed by atoms with Gasteiger partial charge in [-0.25, -0.2) is 0 Å². The van der Waals surface area contributed by atoms with Gasteiger partial charge in [-0.05, 0) is 24.0 Å². The van der Waals surface area contributed by atoms with Crippen LogP contribution in [0.3, 0.4) is 0 Å². The van der Waals surface area contributed by atoms with Gasteiger partial charge in [0.1, 0.15) is 5.76 Å². The highest BCUT2D eigenvalue weighted by molar-refractivity contribution is 5.95. The molecule has 1 unspecified atom stereocenters. The minimum absolute atomic E-state index is 0.0120. The molecule has 0 aliphatic heterocycles. The molecule has 0 saturated heterocycles. The van der Waals surface area contributed by atoms with E-state index in [0.29, 0.717) is 0 Å². The van der Waals surface area contributed by atoms with E-state index >= 15 is 0 Å². The lowest BCUT2D eigenvalue weighted by atomic mass is 9.94. The van der Waals surface area contributed by atoms with Crippen LogP contribution in [0.15, 0.2) is 35.6 Å². The number of hydrogen-bond acceptors (Lipinski definition) is 2. The van der Waals surface area contributed by atoms with Crippen LogP contribution in [0.25, 0.3) is 0 Å². The van der Waals surface area contributed by atoms with Crippen LogP contribution in [0.4, 0.5) is 13.2 Å². The SMILES string of the molecule is CC(C)C1C=CC(OC(F)(F)F)=CC(C(N)=O)=C1. The highest BCUT2D eigenvalue weighted by Crippen LogP contribution is 2.26. The van der Waals surface area contributed by atoms with Crippen molar-refractivity contribution < 1.29 is 22.7 Å². The molecule has 1 atom stereocenters. The molecule has 18 heavy (non-hydrogen) atoms. The molecule has 0 aromatic heterocycles. The molecule has 0 fully saturated rings. The lowest BCUT2D eigenvalue weighted by Gasteiger charge is -2.11. The quantitative estimate of drug-likeness (QED) is 0.849. The Labute approximate surface area is 103 Å². The van der Waals surface area contributed by atoms with E-state index in [4.69, 9.17) is 5.73 Å². The largest absolute Gasteiger partial charge is 0.573 e. The van der Waals surface area contributed by atoms with Gasteiger partial charge in [0.25, 0.3) is 0 Å². The molecule has 0 heterocycles. The topological polar surface area (TPSA) is 52.3 Å². The first kappa shape index (κ1) is 14.3. The Hall–Kier alpha value is -1.72. The first-order valence-electron chi connectivity index (χ1n) is 5.36. The van der Waals surface area contributed by atoms with Crippen molar-refractivity contribution in [2.24, 2.45) is 17.6 Å². The summed E-state index contributed by atoms with van der Waals surface area (Å²) in [7, 11) is 0. The summed E-state index contributed by atoms with van der Waals surface area (Å²) in [5, 5.41) is 0. The molecule has 1 amide bonds. The van der Waals surface area contributed by atoms with E-state index < -0.39 is 18.0 Å². The molecule has 6 heteroatoms. The van der Waals surface area contributed by atoms with Gasteiger partial charge in [-0.1, -0.05) is 26.0 Å². The maximum absolute atomic E-state index is 12.1. The zero-order valence-electron chi connectivity index (χ0n) is 9.99. The van der Waals surface area contributed by atoms with Crippen LogP contribution < -0.4 is 5.73 Å². The molecule has 2 N–H and O–H groups in total. The number of carbonyl (C=O) groups is 1. The third kappa shape index (κ3) is 4.27. The monoisotopic (exact) mass is 261 g/mol. The fraction of sp³-hybridized carbons (Fsp3) is 0.417. The average Bonchev–Trinajstić information content (AvgIpc) is 2.38. The van der Waals surface area contributed by atoms with Crippen molar-refractivity contribution >= 4 is 5.91 Å². The van der Waals surface area contributed by atoms with Gasteiger partial charge >= 0.3 is 6.36 Å². The first-order chi connectivity index (χ1) is 8.19. The Morgan fingerprint density at radius 1 is 1.44 bits per heavy atom. The van der Waals surface area contributed by atoms with Crippen molar-refractivity contribution in [3.8, 4) is 0 Å². The van der Waals surface area contributed by atoms with E-state index in [-0.39, 0.29) is 17.4 Å². The fourth-order valence-corrected chi connectivity index (χ4v) is 1.48. The number of ether oxygens (including phenoxy) is 1. The van der Waals surface area contributed by atoms with Gasteiger partial charge in [0.15, 0.2) is 0 Å². The number of primary amides is 1. The van der Waals surface area contributed by atoms with Crippen molar-refractivity contribution in [1.82, 2.24) is 0 Å². The van der Waals surface area contributed by atoms with E-state index in [9.17, 15) is 18.0 Å². The van der Waals surface area contributed by atoms with Crippen molar-refractivity contribution in [2.45, 2.75) is 20.2 Å². The Kier molecular flexibility index (Phi) is 4.21. The summed E-state index contributed by atoms with van der Waals surface area (Å²) in [6.45, 7) is 3.78. The number of hydrogen-bond donors (Lipinski definition) is 1. The van der Waals surface area contributed by atoms with Crippen LogP contribution in [0.2, 0.25) is 0 Å². The predicted molar refractivity (Wildman–Crippen MR) is 60.0 cm³/mol. The van der Waals surface area contributed by atoms with E-state index in [1.165, 1.54) is 12.2 Å². The fourth-order valence-electron chi connectivity index (χ4n) is 1.48. The summed E-state index contributed by atoms with van der Waals surface area (Å²) in [5.74, 6) is -1.27. The van der Waals surface area contributed by atoms with Crippen molar-refractivity contribution in [3.63, 3.8) is 0 Å². The number of amides is 1. The number of nitrogens with two attached hydrogens (primary N) is 1. The molecular formula is C12H14F3NO2. The number of halogens is 3. The molecule has 1 aliphatic rings. The molecular weight excluding hydrogens is 247 g/mol. The number of carbonyl (C=O) groups excluding carboxylic acids is 1. The third-order valence-electron chi connectivity index (χ3n) is 2.44. The van der Waals surface area contributed by atoms with Gasteiger partial charge in [0.05, 0.1) is 0 Å². The minimum Gasteiger partial charge on any atom is -0.406 e. The Balaban J connectivity index is 3.05. The summed E-state index contributed by atoms with van der Waals surface area (Å²) in [5.41, 5.74) is 5.12. The molecule has 0 aromatic rings. The molecule has 0 aromatic carbocycles. The van der Waals surface area contributed by atoms with E-state index in [1.54, 1.807) is 6.08 Å². The van der Waals surface area contributed by atoms with Crippen LogP contribution in [-0.4, -0.2) is 12.3 Å². The van der Waals surface area contributed by atoms with Gasteiger partial charge in [0.2, 0.25) is 5.91 Å². The molecule has 0 radical (unpaired) electrons. The molecule has 0 spiro atoms. The minimum atomic E-state index is -4.80. The summed E-state index contributed by atoms with van der Waals surface area (Å²) < 4.78 is 40.2. The van der Waals surface area contributed by atoms with Gasteiger partial charge < -0.3 is 10.5 Å². The highest BCUT2D eigenvalue weighted by Gasteiger charge is 2.32. The summed E-state index contributed by atoms with van der Waals surface area (Å²) >= 11 is 0. The Morgan fingerprint density at radius 3 is 2.50 bits per heavy atom. The van der Waals surface area contributed by atoms with Gasteiger partial charge in [0, 0.05) is 5.57 Å². The molecule has 3 nitrogen and oxygen atoms in total. The van der Waals surface area contributed by atoms with E-state index in [0.717, 1.165) is 6.08 Å². The summed E-state index contributed by atoms with van der Waals surface area (Å²) in [6, 6.07) is 0. The standard InChI is InChI=1S/C12H14F3NO2/c1-7(2)8-3-4-10(18-12(13,14)15)6-9(5-8)11(16)17/h3-8H,1-2H3,(H2,16,17). The second kappa shape index (κ2) is 5.29. The van der Waals surface area contributed by atoms with E-state index in [1.807, 2.05) is 13.8 Å². The molecule has 0 saturated carbocycles. The van der Waals surface area contributed by atoms with Crippen LogP contribution >= 0.6 is 0 Å². The third-order valence-corrected chi connectivity index (χ3v) is 2.44. The summed E-state index contributed by atoms with van der Waals surface area (Å²) in [4.78, 5) is 11.1. The zero-order chi connectivity index (χ0) is 13.9. The lowest BCUT2D eigenvalue weighted by molar-refractivity contribution is -0.303. The highest BCUT2D eigenvalue weighted by atomic mass is 19.4. The smallest absolute Gasteiger partial charge is 0.406 e. The molecule has 100 valence electrons. The van der Waals surface area contributed by atoms with Crippen LogP contribution in [-0.2, 0) is 9.53 Å². The number of alkyl halides is 3. The number of allylic oxidation sites excluding steroid dienone is 3. The predicted octanol–water partition coefficient (Wildman–Crippen LogP) is 2.66. The normalized spacial score (nSPS) is 20.2. The Bertz CT molecular complexity index is 420. The van der Waals surface area contributed by atoms with Crippen molar-refractivity contribution in [3.05, 3.63) is 35.6 Å². The van der Waals surface area contributed by atoms with E-state index in [2.05, 4.69) is 4.74 Å². The maximum atomic E-state index is 12.1. The molecule has 1 rings (SSSR count). The van der Waals surface area contributed by atoms with Crippen LogP contribution in [0.5, 0.6) is 0 Å². The van der Waals surface area contributed by atoms with Crippen LogP contribution in [0.1, 0.15) is 13.8 Å².